The minimum absolute atomic E-state index is 0.0986. The van der Waals surface area contributed by atoms with Crippen LogP contribution in [-0.4, -0.2) is 17.3 Å². The average Bonchev–Trinajstić information content (AvgIpc) is 2.24. The lowest BCUT2D eigenvalue weighted by atomic mass is 10.0. The van der Waals surface area contributed by atoms with Crippen molar-refractivity contribution < 1.29 is 23.1 Å². The zero-order valence-corrected chi connectivity index (χ0v) is 8.32. The molecule has 0 saturated heterocycles. The lowest BCUT2D eigenvalue weighted by Crippen LogP contribution is -2.12. The molecule has 0 amide bonds. The normalized spacial score (nSPS) is 12.0. The molecule has 0 aromatic heterocycles. The Kier molecular flexibility index (Phi) is 3.53. The van der Waals surface area contributed by atoms with E-state index in [1.807, 2.05) is 0 Å². The van der Waals surface area contributed by atoms with Crippen LogP contribution in [0.15, 0.2) is 30.3 Å². The maximum Gasteiger partial charge on any atom is 0.417 e. The summed E-state index contributed by atoms with van der Waals surface area (Å²) in [7, 11) is 0. The first-order chi connectivity index (χ1) is 7.84. The highest BCUT2D eigenvalue weighted by Gasteiger charge is 2.35. The van der Waals surface area contributed by atoms with Crippen molar-refractivity contribution in [2.75, 3.05) is 0 Å². The van der Waals surface area contributed by atoms with E-state index in [-0.39, 0.29) is 17.2 Å². The van der Waals surface area contributed by atoms with Gasteiger partial charge in [0, 0.05) is 6.08 Å². The van der Waals surface area contributed by atoms with E-state index >= 15 is 0 Å². The molecule has 1 rings (SSSR count). The summed E-state index contributed by atoms with van der Waals surface area (Å²) in [6.07, 6.45) is -4.66. The first kappa shape index (κ1) is 12.8. The molecule has 3 nitrogen and oxygen atoms in total. The van der Waals surface area contributed by atoms with E-state index in [0.717, 1.165) is 12.1 Å². The van der Waals surface area contributed by atoms with E-state index in [1.54, 1.807) is 6.07 Å². The molecule has 17 heavy (non-hydrogen) atoms. The highest BCUT2D eigenvalue weighted by atomic mass is 19.4. The van der Waals surface area contributed by atoms with Crippen molar-refractivity contribution in [1.29, 1.82) is 5.26 Å². The third kappa shape index (κ3) is 3.34. The number of nitrogens with zero attached hydrogens (tertiary/aromatic N) is 1. The van der Waals surface area contributed by atoms with Gasteiger partial charge in [-0.2, -0.15) is 18.4 Å². The fourth-order valence-electron chi connectivity index (χ4n) is 1.18. The van der Waals surface area contributed by atoms with Gasteiger partial charge in [-0.1, -0.05) is 12.1 Å². The van der Waals surface area contributed by atoms with Crippen LogP contribution >= 0.6 is 0 Å². The number of aliphatic carboxylic acids is 1. The Morgan fingerprint density at radius 2 is 1.82 bits per heavy atom. The molecule has 0 bridgehead atoms. The number of alkyl halides is 3. The molecule has 6 heteroatoms. The summed E-state index contributed by atoms with van der Waals surface area (Å²) in [6, 6.07) is 6.25. The number of hydrogen-bond acceptors (Lipinski definition) is 2. The smallest absolute Gasteiger partial charge is 0.417 e. The van der Waals surface area contributed by atoms with E-state index in [1.165, 1.54) is 12.1 Å². The van der Waals surface area contributed by atoms with Crippen LogP contribution in [0.1, 0.15) is 11.1 Å². The summed E-state index contributed by atoms with van der Waals surface area (Å²) in [5.41, 5.74) is -1.35. The molecule has 0 aliphatic rings. The molecule has 0 aliphatic heterocycles. The van der Waals surface area contributed by atoms with Crippen LogP contribution in [0.2, 0.25) is 0 Å². The number of carboxylic acids is 1. The van der Waals surface area contributed by atoms with Gasteiger partial charge in [-0.25, -0.2) is 4.79 Å². The summed E-state index contributed by atoms with van der Waals surface area (Å²) in [5, 5.41) is 16.9. The van der Waals surface area contributed by atoms with Gasteiger partial charge in [-0.3, -0.25) is 0 Å². The Morgan fingerprint density at radius 3 is 2.18 bits per heavy atom. The van der Waals surface area contributed by atoms with E-state index in [9.17, 15) is 18.0 Å². The van der Waals surface area contributed by atoms with Crippen molar-refractivity contribution in [3.8, 4) is 6.07 Å². The van der Waals surface area contributed by atoms with Crippen molar-refractivity contribution in [3.63, 3.8) is 0 Å². The molecule has 1 aromatic rings. The van der Waals surface area contributed by atoms with Gasteiger partial charge < -0.3 is 5.11 Å². The molecule has 88 valence electrons. The molecule has 0 unspecified atom stereocenters. The molecule has 1 N–H and O–H groups in total. The quantitative estimate of drug-likeness (QED) is 0.809. The number of carbonyl (C=O) groups is 1. The Bertz CT molecular complexity index is 495. The number of hydrogen-bond donors (Lipinski definition) is 1. The number of rotatable bonds is 2. The average molecular weight is 241 g/mol. The highest BCUT2D eigenvalue weighted by molar-refractivity contribution is 5.91. The number of halogens is 3. The molecule has 1 aromatic carbocycles. The second-order valence-electron chi connectivity index (χ2n) is 3.08. The predicted octanol–water partition coefficient (Wildman–Crippen LogP) is 2.59. The topological polar surface area (TPSA) is 61.1 Å². The first-order valence-corrected chi connectivity index (χ1v) is 4.37. The van der Waals surface area contributed by atoms with Gasteiger partial charge >= 0.3 is 12.1 Å². The van der Waals surface area contributed by atoms with Crippen LogP contribution in [-0.2, 0) is 4.79 Å². The van der Waals surface area contributed by atoms with Gasteiger partial charge in [0.05, 0.1) is 17.2 Å². The van der Waals surface area contributed by atoms with Crippen molar-refractivity contribution >= 4 is 11.5 Å². The van der Waals surface area contributed by atoms with E-state index in [2.05, 4.69) is 0 Å². The Hall–Kier alpha value is -2.29. The molecule has 0 atom stereocenters. The van der Waals surface area contributed by atoms with Crippen LogP contribution in [0.5, 0.6) is 0 Å². The van der Waals surface area contributed by atoms with E-state index < -0.39 is 17.7 Å². The van der Waals surface area contributed by atoms with Gasteiger partial charge in [0.25, 0.3) is 0 Å². The maximum absolute atomic E-state index is 12.6. The molecule has 0 fully saturated rings. The van der Waals surface area contributed by atoms with Gasteiger partial charge in [0.1, 0.15) is 0 Å². The molecule has 0 saturated carbocycles. The van der Waals surface area contributed by atoms with Gasteiger partial charge in [0.2, 0.25) is 0 Å². The minimum Gasteiger partial charge on any atom is -0.478 e. The predicted molar refractivity (Wildman–Crippen MR) is 52.8 cm³/mol. The SMILES string of the molecule is N#Cc1ccc(C(=CC(=O)O)C(F)(F)F)cc1. The first-order valence-electron chi connectivity index (χ1n) is 4.37. The van der Waals surface area contributed by atoms with Gasteiger partial charge in [0.15, 0.2) is 0 Å². The van der Waals surface area contributed by atoms with Crippen molar-refractivity contribution in [1.82, 2.24) is 0 Å². The minimum atomic E-state index is -4.76. The molecular weight excluding hydrogens is 235 g/mol. The van der Waals surface area contributed by atoms with E-state index in [0.29, 0.717) is 0 Å². The number of carboxylic acid groups (broad SMARTS) is 1. The van der Waals surface area contributed by atoms with Crippen molar-refractivity contribution in [3.05, 3.63) is 41.5 Å². The van der Waals surface area contributed by atoms with Crippen LogP contribution in [0.25, 0.3) is 5.57 Å². The second-order valence-corrected chi connectivity index (χ2v) is 3.08. The molecule has 0 spiro atoms. The second kappa shape index (κ2) is 4.70. The number of benzene rings is 1. The third-order valence-electron chi connectivity index (χ3n) is 1.90. The van der Waals surface area contributed by atoms with Crippen molar-refractivity contribution in [2.45, 2.75) is 6.18 Å². The molecule has 0 aliphatic carbocycles. The third-order valence-corrected chi connectivity index (χ3v) is 1.90. The summed E-state index contributed by atoms with van der Waals surface area (Å²) < 4.78 is 37.7. The lowest BCUT2D eigenvalue weighted by Gasteiger charge is -2.11. The number of allylic oxidation sites excluding steroid dienone is 1. The molecule has 0 radical (unpaired) electrons. The van der Waals surface area contributed by atoms with E-state index in [4.69, 9.17) is 10.4 Å². The number of nitriles is 1. The highest BCUT2D eigenvalue weighted by Crippen LogP contribution is 2.33. The lowest BCUT2D eigenvalue weighted by molar-refractivity contribution is -0.131. The molecular formula is C11H6F3NO2. The van der Waals surface area contributed by atoms with Crippen LogP contribution in [0, 0.1) is 11.3 Å². The van der Waals surface area contributed by atoms with Gasteiger partial charge in [-0.05, 0) is 17.7 Å². The standard InChI is InChI=1S/C11H6F3NO2/c12-11(13,14)9(5-10(16)17)8-3-1-7(6-15)2-4-8/h1-5H,(H,16,17). The van der Waals surface area contributed by atoms with Gasteiger partial charge in [-0.15, -0.1) is 0 Å². The van der Waals surface area contributed by atoms with Crippen molar-refractivity contribution in [2.24, 2.45) is 0 Å². The fraction of sp³-hybridized carbons (Fsp3) is 0.0909. The summed E-state index contributed by atoms with van der Waals surface area (Å²) >= 11 is 0. The Labute approximate surface area is 94.4 Å². The van der Waals surface area contributed by atoms with Crippen LogP contribution in [0.4, 0.5) is 13.2 Å². The molecule has 0 heterocycles. The largest absolute Gasteiger partial charge is 0.478 e. The summed E-state index contributed by atoms with van der Waals surface area (Å²) in [5.74, 6) is -1.68. The fourth-order valence-corrected chi connectivity index (χ4v) is 1.18. The summed E-state index contributed by atoms with van der Waals surface area (Å²) in [6.45, 7) is 0. The Balaban J connectivity index is 3.24. The van der Waals surface area contributed by atoms with Crippen LogP contribution < -0.4 is 0 Å². The summed E-state index contributed by atoms with van der Waals surface area (Å²) in [4.78, 5) is 10.3. The maximum atomic E-state index is 12.6. The van der Waals surface area contributed by atoms with Crippen LogP contribution in [0.3, 0.4) is 0 Å². The Morgan fingerprint density at radius 1 is 1.29 bits per heavy atom. The monoisotopic (exact) mass is 241 g/mol. The zero-order chi connectivity index (χ0) is 13.1. The zero-order valence-electron chi connectivity index (χ0n) is 8.32.